The fourth-order valence-electron chi connectivity index (χ4n) is 5.32. The molecule has 0 aliphatic heterocycles. The summed E-state index contributed by atoms with van der Waals surface area (Å²) in [6.07, 6.45) is 5.82. The van der Waals surface area contributed by atoms with E-state index in [0.29, 0.717) is 30.3 Å². The molecule has 248 valence electrons. The number of rotatable bonds is 21. The molecule has 3 nitrogen and oxygen atoms in total. The molecule has 3 aromatic rings. The summed E-state index contributed by atoms with van der Waals surface area (Å²) >= 11 is 0. The lowest BCUT2D eigenvalue weighted by molar-refractivity contribution is -0.136. The molecule has 0 fully saturated rings. The smallest absolute Gasteiger partial charge is 0.389 e. The van der Waals surface area contributed by atoms with E-state index in [2.05, 4.69) is 28.2 Å². The number of hydrogen-bond donors (Lipinski definition) is 0. The Labute approximate surface area is 263 Å². The Morgan fingerprint density at radius 3 is 1.60 bits per heavy atom. The van der Waals surface area contributed by atoms with E-state index in [1.165, 1.54) is 11.1 Å². The lowest BCUT2D eigenvalue weighted by atomic mass is 10.0. The van der Waals surface area contributed by atoms with Crippen LogP contribution in [0.3, 0.4) is 0 Å². The van der Waals surface area contributed by atoms with Gasteiger partial charge < -0.3 is 4.74 Å². The van der Waals surface area contributed by atoms with Crippen LogP contribution in [0.15, 0.2) is 60.8 Å². The van der Waals surface area contributed by atoms with Gasteiger partial charge in [0.1, 0.15) is 5.75 Å². The summed E-state index contributed by atoms with van der Waals surface area (Å²) in [7, 11) is 0. The molecule has 0 spiro atoms. The maximum atomic E-state index is 12.2. The van der Waals surface area contributed by atoms with Crippen molar-refractivity contribution in [3.05, 3.63) is 71.9 Å². The van der Waals surface area contributed by atoms with E-state index in [1.54, 1.807) is 12.3 Å². The zero-order chi connectivity index (χ0) is 32.4. The van der Waals surface area contributed by atoms with Crippen molar-refractivity contribution in [1.82, 2.24) is 9.97 Å². The van der Waals surface area contributed by atoms with Crippen LogP contribution in [0.5, 0.6) is 11.6 Å². The molecule has 2 aromatic carbocycles. The minimum absolute atomic E-state index is 0.225. The SMILES string of the molecule is FC(F)(F)CCCCCCCCCc1ccc(-c2nccc(Oc3cccc(CCCCCCCCCC(F)(F)F)c3)n2)cc1. The van der Waals surface area contributed by atoms with Crippen molar-refractivity contribution in [2.45, 2.75) is 128 Å². The molecule has 0 amide bonds. The Hall–Kier alpha value is -3.10. The normalized spacial score (nSPS) is 12.0. The number of hydrogen-bond acceptors (Lipinski definition) is 3. The summed E-state index contributed by atoms with van der Waals surface area (Å²) in [4.78, 5) is 9.02. The second kappa shape index (κ2) is 19.4. The zero-order valence-corrected chi connectivity index (χ0v) is 26.1. The third kappa shape index (κ3) is 16.7. The molecule has 0 N–H and O–H groups in total. The Balaban J connectivity index is 1.34. The van der Waals surface area contributed by atoms with Crippen LogP contribution in [-0.2, 0) is 12.8 Å². The molecule has 0 bridgehead atoms. The molecular weight excluding hydrogens is 590 g/mol. The van der Waals surface area contributed by atoms with Crippen LogP contribution in [0.4, 0.5) is 26.3 Å². The maximum absolute atomic E-state index is 12.2. The number of unbranched alkanes of at least 4 members (excludes halogenated alkanes) is 12. The molecule has 1 heterocycles. The van der Waals surface area contributed by atoms with E-state index in [-0.39, 0.29) is 12.8 Å². The van der Waals surface area contributed by atoms with Gasteiger partial charge in [0.25, 0.3) is 0 Å². The summed E-state index contributed by atoms with van der Waals surface area (Å²) in [6.45, 7) is 0. The number of benzene rings is 2. The first-order valence-electron chi connectivity index (χ1n) is 16.4. The summed E-state index contributed by atoms with van der Waals surface area (Å²) in [5, 5.41) is 0. The quantitative estimate of drug-likeness (QED) is 0.0862. The Bertz CT molecular complexity index is 1230. The predicted octanol–water partition coefficient (Wildman–Crippen LogP) is 12.4. The molecule has 0 atom stereocenters. The molecule has 45 heavy (non-hydrogen) atoms. The number of aromatic nitrogens is 2. The van der Waals surface area contributed by atoms with Crippen LogP contribution in [0.2, 0.25) is 0 Å². The highest BCUT2D eigenvalue weighted by Gasteiger charge is 2.26. The van der Waals surface area contributed by atoms with Crippen molar-refractivity contribution in [3.63, 3.8) is 0 Å². The van der Waals surface area contributed by atoms with Crippen molar-refractivity contribution in [2.75, 3.05) is 0 Å². The summed E-state index contributed by atoms with van der Waals surface area (Å²) in [6, 6.07) is 17.9. The molecule has 0 unspecified atom stereocenters. The standard InChI is InChI=1S/C36H46F6N2O/c37-35(38,39)25-13-9-5-1-3-7-11-16-29-20-22-31(23-21-29)34-43-27-24-33(44-34)45-32-19-15-18-30(28-32)17-12-8-4-2-6-10-14-26-36(40,41)42/h15,18-24,27-28H,1-14,16-17,25-26H2. The summed E-state index contributed by atoms with van der Waals surface area (Å²) in [5.41, 5.74) is 3.30. The molecule has 9 heteroatoms. The van der Waals surface area contributed by atoms with E-state index in [0.717, 1.165) is 82.6 Å². The maximum Gasteiger partial charge on any atom is 0.389 e. The fraction of sp³-hybridized carbons (Fsp3) is 0.556. The van der Waals surface area contributed by atoms with Gasteiger partial charge in [0.15, 0.2) is 5.82 Å². The van der Waals surface area contributed by atoms with Gasteiger partial charge in [-0.2, -0.15) is 31.3 Å². The van der Waals surface area contributed by atoms with Gasteiger partial charge >= 0.3 is 12.4 Å². The number of aryl methyl sites for hydroxylation is 2. The molecule has 0 aliphatic carbocycles. The average Bonchev–Trinajstić information content (AvgIpc) is 2.99. The van der Waals surface area contributed by atoms with Gasteiger partial charge in [0, 0.05) is 30.7 Å². The van der Waals surface area contributed by atoms with Crippen LogP contribution in [0.1, 0.15) is 114 Å². The largest absolute Gasteiger partial charge is 0.439 e. The van der Waals surface area contributed by atoms with Crippen LogP contribution in [0, 0.1) is 0 Å². The third-order valence-corrected chi connectivity index (χ3v) is 7.81. The van der Waals surface area contributed by atoms with E-state index in [9.17, 15) is 26.3 Å². The van der Waals surface area contributed by atoms with E-state index in [4.69, 9.17) is 4.74 Å². The van der Waals surface area contributed by atoms with Gasteiger partial charge in [-0.15, -0.1) is 0 Å². The van der Waals surface area contributed by atoms with Gasteiger partial charge in [0.05, 0.1) is 0 Å². The minimum atomic E-state index is -4.04. The summed E-state index contributed by atoms with van der Waals surface area (Å²) < 4.78 is 79.2. The number of ether oxygens (including phenoxy) is 1. The lowest BCUT2D eigenvalue weighted by Crippen LogP contribution is -2.06. The Morgan fingerprint density at radius 2 is 1.04 bits per heavy atom. The van der Waals surface area contributed by atoms with Crippen molar-refractivity contribution < 1.29 is 31.1 Å². The molecular formula is C36H46F6N2O. The third-order valence-electron chi connectivity index (χ3n) is 7.81. The second-order valence-corrected chi connectivity index (χ2v) is 11.8. The van der Waals surface area contributed by atoms with Crippen LogP contribution < -0.4 is 4.74 Å². The molecule has 0 radical (unpaired) electrons. The van der Waals surface area contributed by atoms with Crippen LogP contribution in [-0.4, -0.2) is 22.3 Å². The van der Waals surface area contributed by atoms with Gasteiger partial charge in [0.2, 0.25) is 5.88 Å². The highest BCUT2D eigenvalue weighted by molar-refractivity contribution is 5.55. The first-order chi connectivity index (χ1) is 21.6. The van der Waals surface area contributed by atoms with E-state index >= 15 is 0 Å². The Morgan fingerprint density at radius 1 is 0.533 bits per heavy atom. The second-order valence-electron chi connectivity index (χ2n) is 11.8. The van der Waals surface area contributed by atoms with E-state index < -0.39 is 25.2 Å². The van der Waals surface area contributed by atoms with Gasteiger partial charge in [-0.3, -0.25) is 0 Å². The first-order valence-corrected chi connectivity index (χ1v) is 16.4. The van der Waals surface area contributed by atoms with Gasteiger partial charge in [-0.1, -0.05) is 101 Å². The van der Waals surface area contributed by atoms with Gasteiger partial charge in [-0.25, -0.2) is 4.98 Å². The molecule has 0 saturated heterocycles. The average molecular weight is 637 g/mol. The number of halogens is 6. The topological polar surface area (TPSA) is 35.0 Å². The molecule has 0 aliphatic rings. The highest BCUT2D eigenvalue weighted by atomic mass is 19.4. The highest BCUT2D eigenvalue weighted by Crippen LogP contribution is 2.26. The number of alkyl halides is 6. The first kappa shape index (κ1) is 36.4. The molecule has 3 rings (SSSR count). The zero-order valence-electron chi connectivity index (χ0n) is 26.1. The monoisotopic (exact) mass is 636 g/mol. The van der Waals surface area contributed by atoms with E-state index in [1.807, 2.05) is 30.3 Å². The Kier molecular flexibility index (Phi) is 15.7. The van der Waals surface area contributed by atoms with Crippen LogP contribution >= 0.6 is 0 Å². The van der Waals surface area contributed by atoms with Crippen molar-refractivity contribution in [1.29, 1.82) is 0 Å². The summed E-state index contributed by atoms with van der Waals surface area (Å²) in [5.74, 6) is 1.75. The van der Waals surface area contributed by atoms with Crippen LogP contribution in [0.25, 0.3) is 11.4 Å². The number of nitrogens with zero attached hydrogens (tertiary/aromatic N) is 2. The minimum Gasteiger partial charge on any atom is -0.439 e. The van der Waals surface area contributed by atoms with Crippen molar-refractivity contribution in [3.8, 4) is 23.0 Å². The van der Waals surface area contributed by atoms with Crippen molar-refractivity contribution in [2.24, 2.45) is 0 Å². The lowest BCUT2D eigenvalue weighted by Gasteiger charge is -2.09. The molecule has 1 aromatic heterocycles. The predicted molar refractivity (Wildman–Crippen MR) is 167 cm³/mol. The molecule has 0 saturated carbocycles. The van der Waals surface area contributed by atoms with Gasteiger partial charge in [-0.05, 0) is 61.8 Å². The fourth-order valence-corrected chi connectivity index (χ4v) is 5.32. The van der Waals surface area contributed by atoms with Crippen molar-refractivity contribution >= 4 is 0 Å².